The molecule has 4 aromatic rings. The van der Waals surface area contributed by atoms with Gasteiger partial charge in [0.15, 0.2) is 5.13 Å². The van der Waals surface area contributed by atoms with Crippen molar-refractivity contribution in [2.24, 2.45) is 0 Å². The zero-order valence-electron chi connectivity index (χ0n) is 22.9. The third kappa shape index (κ3) is 4.65. The van der Waals surface area contributed by atoms with Gasteiger partial charge in [0.05, 0.1) is 28.9 Å². The monoisotopic (exact) mass is 541 g/mol. The largest absolute Gasteiger partial charge is 0.507 e. The van der Waals surface area contributed by atoms with Gasteiger partial charge in [-0.1, -0.05) is 56.4 Å². The second-order valence-corrected chi connectivity index (χ2v) is 11.8. The highest BCUT2D eigenvalue weighted by atomic mass is 32.1. The fourth-order valence-electron chi connectivity index (χ4n) is 4.86. The molecule has 0 radical (unpaired) electrons. The number of aliphatic hydroxyl groups excluding tert-OH is 1. The van der Waals surface area contributed by atoms with Gasteiger partial charge in [0.2, 0.25) is 0 Å². The van der Waals surface area contributed by atoms with Gasteiger partial charge in [-0.15, -0.1) is 0 Å². The molecule has 0 saturated carbocycles. The third-order valence-electron chi connectivity index (χ3n) is 6.94. The van der Waals surface area contributed by atoms with Crippen molar-refractivity contribution in [3.8, 4) is 5.75 Å². The molecule has 1 amide bonds. The molecule has 7 nitrogen and oxygen atoms in total. The van der Waals surface area contributed by atoms with Crippen LogP contribution in [0.2, 0.25) is 0 Å². The summed E-state index contributed by atoms with van der Waals surface area (Å²) in [6.07, 6.45) is 0. The van der Waals surface area contributed by atoms with Crippen LogP contribution in [0.25, 0.3) is 16.0 Å². The molecule has 0 bridgehead atoms. The number of nitrogens with zero attached hydrogens (tertiary/aromatic N) is 3. The first-order chi connectivity index (χ1) is 18.5. The Balaban J connectivity index is 1.73. The molecule has 1 unspecified atom stereocenters. The molecule has 1 aliphatic rings. The lowest BCUT2D eigenvalue weighted by Crippen LogP contribution is -2.29. The number of thiazole rings is 1. The Labute approximate surface area is 232 Å². The highest BCUT2D eigenvalue weighted by molar-refractivity contribution is 7.22. The van der Waals surface area contributed by atoms with Crippen molar-refractivity contribution in [1.29, 1.82) is 0 Å². The molecule has 1 aliphatic heterocycles. The number of anilines is 2. The smallest absolute Gasteiger partial charge is 0.301 e. The fraction of sp³-hybridized carbons (Fsp3) is 0.258. The molecule has 1 aromatic heterocycles. The number of hydrogen-bond acceptors (Lipinski definition) is 7. The van der Waals surface area contributed by atoms with Crippen molar-refractivity contribution in [3.05, 3.63) is 89.0 Å². The van der Waals surface area contributed by atoms with E-state index in [1.807, 2.05) is 94.4 Å². The van der Waals surface area contributed by atoms with Gasteiger partial charge in [0.25, 0.3) is 5.78 Å². The lowest BCUT2D eigenvalue weighted by Gasteiger charge is -2.25. The minimum atomic E-state index is -0.845. The van der Waals surface area contributed by atoms with Gasteiger partial charge in [0.1, 0.15) is 11.5 Å². The second-order valence-electron chi connectivity index (χ2n) is 10.8. The lowest BCUT2D eigenvalue weighted by atomic mass is 9.84. The highest BCUT2D eigenvalue weighted by Crippen LogP contribution is 2.45. The quantitative estimate of drug-likeness (QED) is 0.182. The van der Waals surface area contributed by atoms with Crippen molar-refractivity contribution >= 4 is 49.8 Å². The molecule has 8 heteroatoms. The molecule has 1 saturated heterocycles. The maximum absolute atomic E-state index is 13.6. The number of ketones is 1. The van der Waals surface area contributed by atoms with Crippen molar-refractivity contribution in [3.63, 3.8) is 0 Å². The van der Waals surface area contributed by atoms with E-state index in [1.54, 1.807) is 19.2 Å². The summed E-state index contributed by atoms with van der Waals surface area (Å²) in [6, 6.07) is 19.7. The molecule has 2 heterocycles. The van der Waals surface area contributed by atoms with Gasteiger partial charge in [-0.2, -0.15) is 0 Å². The number of fused-ring (bicyclic) bond motifs is 1. The summed E-state index contributed by atoms with van der Waals surface area (Å²) in [5.74, 6) is -1.01. The Hall–Kier alpha value is -4.17. The molecule has 1 atom stereocenters. The molecule has 1 fully saturated rings. The van der Waals surface area contributed by atoms with Crippen LogP contribution in [0.4, 0.5) is 10.8 Å². The standard InChI is InChI=1S/C31H31N3O4S/c1-31(2,3)21-17-19(13-16-23(21)38-6)27(35)25-26(18-11-14-20(15-12-18)33(4)5)34(29(37)28(25)36)30-32-22-9-7-8-10-24(22)39-30/h7-17,26,35H,1-6H3/b27-25+. The van der Waals surface area contributed by atoms with Crippen LogP contribution in [0.5, 0.6) is 5.75 Å². The first kappa shape index (κ1) is 26.4. The molecule has 0 aliphatic carbocycles. The number of benzene rings is 3. The predicted octanol–water partition coefficient (Wildman–Crippen LogP) is 6.29. The summed E-state index contributed by atoms with van der Waals surface area (Å²) >= 11 is 1.34. The van der Waals surface area contributed by atoms with Crippen molar-refractivity contribution < 1.29 is 19.4 Å². The van der Waals surface area contributed by atoms with Crippen LogP contribution in [0, 0.1) is 0 Å². The third-order valence-corrected chi connectivity index (χ3v) is 7.97. The number of Topliss-reactive ketones (excluding diaryl/α,β-unsaturated/α-hetero) is 1. The van der Waals surface area contributed by atoms with Crippen LogP contribution < -0.4 is 14.5 Å². The van der Waals surface area contributed by atoms with Crippen LogP contribution in [0.15, 0.2) is 72.3 Å². The van der Waals surface area contributed by atoms with Crippen LogP contribution in [-0.2, 0) is 15.0 Å². The number of amides is 1. The number of hydrogen-bond donors (Lipinski definition) is 1. The first-order valence-electron chi connectivity index (χ1n) is 12.6. The first-order valence-corrected chi connectivity index (χ1v) is 13.5. The molecule has 39 heavy (non-hydrogen) atoms. The second kappa shape index (κ2) is 9.85. The average Bonchev–Trinajstić information content (AvgIpc) is 3.45. The summed E-state index contributed by atoms with van der Waals surface area (Å²) < 4.78 is 6.46. The van der Waals surface area contributed by atoms with Gasteiger partial charge in [0, 0.05) is 30.9 Å². The Morgan fingerprint density at radius 2 is 1.72 bits per heavy atom. The van der Waals surface area contributed by atoms with E-state index in [-0.39, 0.29) is 16.7 Å². The molecule has 200 valence electrons. The van der Waals surface area contributed by atoms with Crippen molar-refractivity contribution in [2.75, 3.05) is 31.0 Å². The van der Waals surface area contributed by atoms with Gasteiger partial charge in [-0.25, -0.2) is 4.98 Å². The summed E-state index contributed by atoms with van der Waals surface area (Å²) in [5.41, 5.74) is 3.48. The Kier molecular flexibility index (Phi) is 6.68. The molecule has 5 rings (SSSR count). The normalized spacial score (nSPS) is 17.2. The van der Waals surface area contributed by atoms with E-state index < -0.39 is 17.7 Å². The molecule has 1 N–H and O–H groups in total. The van der Waals surface area contributed by atoms with E-state index in [0.717, 1.165) is 21.5 Å². The van der Waals surface area contributed by atoms with E-state index >= 15 is 0 Å². The van der Waals surface area contributed by atoms with Crippen LogP contribution >= 0.6 is 11.3 Å². The number of para-hydroxylation sites is 1. The number of carbonyl (C=O) groups excluding carboxylic acids is 2. The zero-order chi connectivity index (χ0) is 28.1. The van der Waals surface area contributed by atoms with Gasteiger partial charge < -0.3 is 14.7 Å². The zero-order valence-corrected chi connectivity index (χ0v) is 23.7. The number of aromatic nitrogens is 1. The summed E-state index contributed by atoms with van der Waals surface area (Å²) in [4.78, 5) is 35.3. The maximum atomic E-state index is 13.6. The van der Waals surface area contributed by atoms with E-state index in [1.165, 1.54) is 16.2 Å². The summed E-state index contributed by atoms with van der Waals surface area (Å²) in [7, 11) is 5.49. The Bertz CT molecular complexity index is 1580. The van der Waals surface area contributed by atoms with Crippen molar-refractivity contribution in [1.82, 2.24) is 4.98 Å². The summed E-state index contributed by atoms with van der Waals surface area (Å²) in [5, 5.41) is 12.1. The minimum Gasteiger partial charge on any atom is -0.507 e. The van der Waals surface area contributed by atoms with Gasteiger partial charge in [-0.05, 0) is 53.4 Å². The number of rotatable bonds is 5. The number of carbonyl (C=O) groups is 2. The molecular weight excluding hydrogens is 510 g/mol. The number of methoxy groups -OCH3 is 1. The highest BCUT2D eigenvalue weighted by Gasteiger charge is 2.48. The molecule has 3 aromatic carbocycles. The average molecular weight is 542 g/mol. The van der Waals surface area contributed by atoms with Crippen LogP contribution in [0.1, 0.15) is 43.5 Å². The summed E-state index contributed by atoms with van der Waals surface area (Å²) in [6.45, 7) is 6.15. The van der Waals surface area contributed by atoms with Gasteiger partial charge in [-0.3, -0.25) is 14.5 Å². The van der Waals surface area contributed by atoms with E-state index in [0.29, 0.717) is 22.0 Å². The maximum Gasteiger partial charge on any atom is 0.301 e. The molecular formula is C31H31N3O4S. The van der Waals surface area contributed by atoms with Crippen molar-refractivity contribution in [2.45, 2.75) is 32.2 Å². The number of aliphatic hydroxyl groups is 1. The number of ether oxygens (including phenoxy) is 1. The SMILES string of the molecule is COc1ccc(/C(O)=C2\C(=O)C(=O)N(c3nc4ccccc4s3)C2c2ccc(N(C)C)cc2)cc1C(C)(C)C. The topological polar surface area (TPSA) is 83.0 Å². The van der Waals surface area contributed by atoms with E-state index in [9.17, 15) is 14.7 Å². The minimum absolute atomic E-state index is 0.0295. The lowest BCUT2D eigenvalue weighted by molar-refractivity contribution is -0.132. The van der Waals surface area contributed by atoms with E-state index in [4.69, 9.17) is 4.74 Å². The molecule has 0 spiro atoms. The van der Waals surface area contributed by atoms with Crippen LogP contribution in [-0.4, -0.2) is 43.0 Å². The Morgan fingerprint density at radius 3 is 2.33 bits per heavy atom. The van der Waals surface area contributed by atoms with E-state index in [2.05, 4.69) is 4.98 Å². The Morgan fingerprint density at radius 1 is 1.03 bits per heavy atom. The fourth-order valence-corrected chi connectivity index (χ4v) is 5.85. The van der Waals surface area contributed by atoms with Gasteiger partial charge >= 0.3 is 5.91 Å². The van der Waals surface area contributed by atoms with Crippen LogP contribution in [0.3, 0.4) is 0 Å². The predicted molar refractivity (Wildman–Crippen MR) is 157 cm³/mol.